The van der Waals surface area contributed by atoms with Gasteiger partial charge in [-0.25, -0.2) is 0 Å². The zero-order valence-corrected chi connectivity index (χ0v) is 11.5. The highest BCUT2D eigenvalue weighted by atomic mass is 16.3. The summed E-state index contributed by atoms with van der Waals surface area (Å²) in [6.45, 7) is 0.540. The Morgan fingerprint density at radius 2 is 1.80 bits per heavy atom. The fourth-order valence-corrected chi connectivity index (χ4v) is 2.80. The van der Waals surface area contributed by atoms with Crippen LogP contribution in [0.4, 0.5) is 0 Å². The van der Waals surface area contributed by atoms with Gasteiger partial charge in [0.1, 0.15) is 5.75 Å². The van der Waals surface area contributed by atoms with Crippen LogP contribution in [0.3, 0.4) is 0 Å². The van der Waals surface area contributed by atoms with Crippen molar-refractivity contribution in [2.75, 3.05) is 6.54 Å². The van der Waals surface area contributed by atoms with E-state index in [1.165, 1.54) is 16.5 Å². The SMILES string of the molecule is Cn1cc(C(CN)c2ccc(O)cc2)c2ccccc21. The van der Waals surface area contributed by atoms with Gasteiger partial charge in [0.2, 0.25) is 0 Å². The molecule has 0 aliphatic carbocycles. The Morgan fingerprint density at radius 1 is 1.10 bits per heavy atom. The molecule has 3 aromatic rings. The maximum atomic E-state index is 9.42. The third-order valence-corrected chi connectivity index (χ3v) is 3.83. The van der Waals surface area contributed by atoms with Crippen molar-refractivity contribution >= 4 is 10.9 Å². The number of phenolic OH excluding ortho intramolecular Hbond substituents is 1. The first-order valence-electron chi connectivity index (χ1n) is 6.73. The largest absolute Gasteiger partial charge is 0.508 e. The lowest BCUT2D eigenvalue weighted by atomic mass is 9.91. The summed E-state index contributed by atoms with van der Waals surface area (Å²) in [5.41, 5.74) is 9.57. The van der Waals surface area contributed by atoms with E-state index < -0.39 is 0 Å². The monoisotopic (exact) mass is 266 g/mol. The second-order valence-corrected chi connectivity index (χ2v) is 5.09. The van der Waals surface area contributed by atoms with Crippen molar-refractivity contribution in [1.29, 1.82) is 0 Å². The minimum absolute atomic E-state index is 0.140. The summed E-state index contributed by atoms with van der Waals surface area (Å²) >= 11 is 0. The van der Waals surface area contributed by atoms with Crippen molar-refractivity contribution in [2.24, 2.45) is 12.8 Å². The van der Waals surface area contributed by atoms with Crippen molar-refractivity contribution in [3.63, 3.8) is 0 Å². The third kappa shape index (κ3) is 2.06. The first-order valence-corrected chi connectivity index (χ1v) is 6.73. The van der Waals surface area contributed by atoms with Gasteiger partial charge in [0.05, 0.1) is 0 Å². The lowest BCUT2D eigenvalue weighted by Crippen LogP contribution is -2.13. The van der Waals surface area contributed by atoms with Gasteiger partial charge in [-0.05, 0) is 29.3 Å². The highest BCUT2D eigenvalue weighted by Gasteiger charge is 2.17. The summed E-state index contributed by atoms with van der Waals surface area (Å²) in [7, 11) is 2.05. The van der Waals surface area contributed by atoms with Crippen LogP contribution in [0.1, 0.15) is 17.0 Å². The fourth-order valence-electron chi connectivity index (χ4n) is 2.80. The van der Waals surface area contributed by atoms with Crippen molar-refractivity contribution in [2.45, 2.75) is 5.92 Å². The van der Waals surface area contributed by atoms with E-state index in [9.17, 15) is 5.11 Å². The van der Waals surface area contributed by atoms with Crippen LogP contribution in [0.15, 0.2) is 54.7 Å². The van der Waals surface area contributed by atoms with E-state index in [1.54, 1.807) is 12.1 Å². The number of nitrogens with zero attached hydrogens (tertiary/aromatic N) is 1. The Morgan fingerprint density at radius 3 is 2.50 bits per heavy atom. The number of phenols is 1. The lowest BCUT2D eigenvalue weighted by Gasteiger charge is -2.15. The summed E-state index contributed by atoms with van der Waals surface area (Å²) in [4.78, 5) is 0. The van der Waals surface area contributed by atoms with E-state index >= 15 is 0 Å². The second-order valence-electron chi connectivity index (χ2n) is 5.09. The maximum absolute atomic E-state index is 9.42. The first kappa shape index (κ1) is 12.8. The summed E-state index contributed by atoms with van der Waals surface area (Å²) < 4.78 is 2.13. The number of para-hydroxylation sites is 1. The van der Waals surface area contributed by atoms with Crippen LogP contribution >= 0.6 is 0 Å². The van der Waals surface area contributed by atoms with Crippen LogP contribution in [0.5, 0.6) is 5.75 Å². The first-order chi connectivity index (χ1) is 9.70. The van der Waals surface area contributed by atoms with Gasteiger partial charge in [-0.1, -0.05) is 30.3 Å². The van der Waals surface area contributed by atoms with Gasteiger partial charge in [-0.3, -0.25) is 0 Å². The number of aryl methyl sites for hydroxylation is 1. The quantitative estimate of drug-likeness (QED) is 0.765. The molecule has 20 heavy (non-hydrogen) atoms. The molecule has 0 radical (unpaired) electrons. The predicted molar refractivity (Wildman–Crippen MR) is 81.9 cm³/mol. The van der Waals surface area contributed by atoms with Crippen molar-refractivity contribution in [3.8, 4) is 5.75 Å². The van der Waals surface area contributed by atoms with E-state index in [4.69, 9.17) is 5.73 Å². The normalized spacial score (nSPS) is 12.7. The smallest absolute Gasteiger partial charge is 0.115 e. The summed E-state index contributed by atoms with van der Waals surface area (Å²) in [5.74, 6) is 0.421. The topological polar surface area (TPSA) is 51.2 Å². The van der Waals surface area contributed by atoms with Gasteiger partial charge in [0.25, 0.3) is 0 Å². The molecule has 3 nitrogen and oxygen atoms in total. The molecule has 0 saturated carbocycles. The third-order valence-electron chi connectivity index (χ3n) is 3.83. The van der Waals surface area contributed by atoms with Crippen LogP contribution in [-0.2, 0) is 7.05 Å². The molecule has 0 saturated heterocycles. The van der Waals surface area contributed by atoms with E-state index in [-0.39, 0.29) is 11.7 Å². The highest BCUT2D eigenvalue weighted by molar-refractivity contribution is 5.85. The minimum Gasteiger partial charge on any atom is -0.508 e. The zero-order valence-electron chi connectivity index (χ0n) is 11.5. The number of benzene rings is 2. The molecule has 1 unspecified atom stereocenters. The summed E-state index contributed by atoms with van der Waals surface area (Å²) in [6, 6.07) is 15.6. The molecule has 0 aliphatic rings. The van der Waals surface area contributed by atoms with Gasteiger partial charge in [0, 0.05) is 36.6 Å². The van der Waals surface area contributed by atoms with Crippen molar-refractivity contribution in [1.82, 2.24) is 4.57 Å². The molecule has 0 spiro atoms. The van der Waals surface area contributed by atoms with Crippen molar-refractivity contribution < 1.29 is 5.11 Å². The zero-order chi connectivity index (χ0) is 14.1. The number of rotatable bonds is 3. The van der Waals surface area contributed by atoms with E-state index in [0.29, 0.717) is 6.54 Å². The molecule has 0 aliphatic heterocycles. The summed E-state index contributed by atoms with van der Waals surface area (Å²) in [6.07, 6.45) is 2.15. The molecule has 3 heteroatoms. The minimum atomic E-state index is 0.140. The van der Waals surface area contributed by atoms with Gasteiger partial charge in [0.15, 0.2) is 0 Å². The molecule has 1 atom stereocenters. The molecule has 3 N–H and O–H groups in total. The fraction of sp³-hybridized carbons (Fsp3) is 0.176. The van der Waals surface area contributed by atoms with E-state index in [0.717, 1.165) is 5.56 Å². The standard InChI is InChI=1S/C17H18N2O/c1-19-11-16(14-4-2-3-5-17(14)19)15(10-18)12-6-8-13(20)9-7-12/h2-9,11,15,20H,10,18H2,1H3. The lowest BCUT2D eigenvalue weighted by molar-refractivity contribution is 0.475. The average molecular weight is 266 g/mol. The Kier molecular flexibility index (Phi) is 3.20. The average Bonchev–Trinajstić information content (AvgIpc) is 2.80. The predicted octanol–water partition coefficient (Wildman–Crippen LogP) is 2.97. The molecule has 0 bridgehead atoms. The number of hydrogen-bond donors (Lipinski definition) is 2. The molecule has 3 rings (SSSR count). The highest BCUT2D eigenvalue weighted by Crippen LogP contribution is 2.31. The Labute approximate surface area is 118 Å². The second kappa shape index (κ2) is 5.02. The van der Waals surface area contributed by atoms with Gasteiger partial charge >= 0.3 is 0 Å². The Bertz CT molecular complexity index is 728. The van der Waals surface area contributed by atoms with Crippen LogP contribution in [-0.4, -0.2) is 16.2 Å². The number of aromatic hydroxyl groups is 1. The molecule has 1 heterocycles. The van der Waals surface area contributed by atoms with Crippen LogP contribution in [0.25, 0.3) is 10.9 Å². The van der Waals surface area contributed by atoms with Crippen molar-refractivity contribution in [3.05, 3.63) is 65.9 Å². The number of nitrogens with two attached hydrogens (primary N) is 1. The number of aromatic nitrogens is 1. The molecule has 2 aromatic carbocycles. The molecule has 1 aromatic heterocycles. The molecule has 0 amide bonds. The van der Waals surface area contributed by atoms with E-state index in [2.05, 4.69) is 36.0 Å². The van der Waals surface area contributed by atoms with Gasteiger partial charge in [-0.2, -0.15) is 0 Å². The van der Waals surface area contributed by atoms with Crippen LogP contribution < -0.4 is 5.73 Å². The summed E-state index contributed by atoms with van der Waals surface area (Å²) in [5, 5.41) is 10.7. The van der Waals surface area contributed by atoms with Gasteiger partial charge < -0.3 is 15.4 Å². The van der Waals surface area contributed by atoms with Crippen LogP contribution in [0.2, 0.25) is 0 Å². The maximum Gasteiger partial charge on any atom is 0.115 e. The Balaban J connectivity index is 2.14. The number of fused-ring (bicyclic) bond motifs is 1. The van der Waals surface area contributed by atoms with E-state index in [1.807, 2.05) is 18.2 Å². The molecule has 0 fully saturated rings. The van der Waals surface area contributed by atoms with Gasteiger partial charge in [-0.15, -0.1) is 0 Å². The molecular weight excluding hydrogens is 248 g/mol. The molecular formula is C17H18N2O. The van der Waals surface area contributed by atoms with Crippen LogP contribution in [0, 0.1) is 0 Å². The molecule has 102 valence electrons. The number of hydrogen-bond acceptors (Lipinski definition) is 2. The Hall–Kier alpha value is -2.26.